The van der Waals surface area contributed by atoms with Gasteiger partial charge in [0.2, 0.25) is 0 Å². The van der Waals surface area contributed by atoms with Crippen molar-refractivity contribution in [1.82, 2.24) is 9.44 Å². The summed E-state index contributed by atoms with van der Waals surface area (Å²) in [6.45, 7) is 3.29. The second kappa shape index (κ2) is 4.66. The van der Waals surface area contributed by atoms with E-state index in [9.17, 15) is 8.42 Å². The Kier molecular flexibility index (Phi) is 4.58. The van der Waals surface area contributed by atoms with Gasteiger partial charge in [-0.3, -0.25) is 0 Å². The molecule has 0 fully saturated rings. The summed E-state index contributed by atoms with van der Waals surface area (Å²) < 4.78 is 26.2. The molecule has 0 unspecified atom stereocenters. The summed E-state index contributed by atoms with van der Waals surface area (Å²) in [4.78, 5) is 0. The van der Waals surface area contributed by atoms with Crippen molar-refractivity contribution in [3.05, 3.63) is 0 Å². The molecule has 0 aromatic heterocycles. The van der Waals surface area contributed by atoms with Crippen LogP contribution in [0.25, 0.3) is 0 Å². The molecule has 0 saturated heterocycles. The first-order chi connectivity index (χ1) is 4.98. The average molecular weight is 182 g/mol. The average Bonchev–Trinajstić information content (AvgIpc) is 1.81. The maximum absolute atomic E-state index is 10.9. The minimum absolute atomic E-state index is 0.0437. The maximum Gasteiger partial charge on any atom is 0.277 e. The zero-order chi connectivity index (χ0) is 8.91. The summed E-state index contributed by atoms with van der Waals surface area (Å²) in [6.07, 6.45) is 0. The number of aliphatic hydroxyl groups excluding tert-OH is 1. The summed E-state index contributed by atoms with van der Waals surface area (Å²) in [5, 5.41) is 8.31. The van der Waals surface area contributed by atoms with E-state index >= 15 is 0 Å². The van der Waals surface area contributed by atoms with Gasteiger partial charge in [0.25, 0.3) is 10.2 Å². The van der Waals surface area contributed by atoms with Crippen molar-refractivity contribution in [2.75, 3.05) is 13.2 Å². The first kappa shape index (κ1) is 10.8. The number of hydrogen-bond donors (Lipinski definition) is 3. The van der Waals surface area contributed by atoms with Gasteiger partial charge >= 0.3 is 0 Å². The molecule has 0 rings (SSSR count). The lowest BCUT2D eigenvalue weighted by Crippen LogP contribution is -2.41. The lowest BCUT2D eigenvalue weighted by molar-refractivity contribution is 0.300. The van der Waals surface area contributed by atoms with Crippen LogP contribution in [0.15, 0.2) is 0 Å². The van der Waals surface area contributed by atoms with Crippen molar-refractivity contribution >= 4 is 10.2 Å². The first-order valence-electron chi connectivity index (χ1n) is 3.35. The lowest BCUT2D eigenvalue weighted by Gasteiger charge is -2.08. The fourth-order valence-corrected chi connectivity index (χ4v) is 1.60. The smallest absolute Gasteiger partial charge is 0.277 e. The Labute approximate surface area is 67.0 Å². The standard InChI is InChI=1S/C5H14N2O3S/c1-5(2)7-11(9,10)6-3-4-8/h5-8H,3-4H2,1-2H3. The predicted octanol–water partition coefficient (Wildman–Crippen LogP) is -1.19. The van der Waals surface area contributed by atoms with Crippen molar-refractivity contribution in [3.63, 3.8) is 0 Å². The molecule has 0 aromatic carbocycles. The van der Waals surface area contributed by atoms with Crippen LogP contribution in [0.5, 0.6) is 0 Å². The first-order valence-corrected chi connectivity index (χ1v) is 4.84. The Morgan fingerprint density at radius 3 is 2.36 bits per heavy atom. The van der Waals surface area contributed by atoms with Crippen LogP contribution in [0.3, 0.4) is 0 Å². The van der Waals surface area contributed by atoms with Crippen LogP contribution >= 0.6 is 0 Å². The van der Waals surface area contributed by atoms with Crippen LogP contribution in [0.1, 0.15) is 13.8 Å². The molecule has 0 spiro atoms. The third kappa shape index (κ3) is 6.24. The Morgan fingerprint density at radius 2 is 2.00 bits per heavy atom. The molecule has 0 radical (unpaired) electrons. The summed E-state index contributed by atoms with van der Waals surface area (Å²) in [6, 6.07) is -0.133. The minimum Gasteiger partial charge on any atom is -0.395 e. The topological polar surface area (TPSA) is 78.4 Å². The van der Waals surface area contributed by atoms with E-state index in [0.29, 0.717) is 0 Å². The van der Waals surface area contributed by atoms with Gasteiger partial charge in [-0.15, -0.1) is 0 Å². The molecule has 0 bridgehead atoms. The number of nitrogens with one attached hydrogen (secondary N) is 2. The van der Waals surface area contributed by atoms with Gasteiger partial charge in [0.1, 0.15) is 0 Å². The van der Waals surface area contributed by atoms with Gasteiger partial charge in [-0.2, -0.15) is 17.9 Å². The van der Waals surface area contributed by atoms with Crippen molar-refractivity contribution in [1.29, 1.82) is 0 Å². The molecule has 0 aliphatic heterocycles. The number of hydrogen-bond acceptors (Lipinski definition) is 3. The summed E-state index contributed by atoms with van der Waals surface area (Å²) >= 11 is 0. The molecule has 0 saturated carbocycles. The van der Waals surface area contributed by atoms with Crippen LogP contribution in [0.2, 0.25) is 0 Å². The SMILES string of the molecule is CC(C)NS(=O)(=O)NCCO. The predicted molar refractivity (Wildman–Crippen MR) is 42.3 cm³/mol. The fraction of sp³-hybridized carbons (Fsp3) is 1.00. The molecule has 0 amide bonds. The Hall–Kier alpha value is -0.170. The molecular weight excluding hydrogens is 168 g/mol. The van der Waals surface area contributed by atoms with Gasteiger partial charge in [0, 0.05) is 12.6 Å². The molecule has 5 nitrogen and oxygen atoms in total. The van der Waals surface area contributed by atoms with Gasteiger partial charge in [-0.1, -0.05) is 0 Å². The van der Waals surface area contributed by atoms with Gasteiger partial charge in [-0.25, -0.2) is 0 Å². The van der Waals surface area contributed by atoms with Gasteiger partial charge in [0.15, 0.2) is 0 Å². The largest absolute Gasteiger partial charge is 0.395 e. The highest BCUT2D eigenvalue weighted by Crippen LogP contribution is 1.81. The molecule has 0 heterocycles. The normalized spacial score (nSPS) is 12.4. The number of rotatable bonds is 5. The van der Waals surface area contributed by atoms with E-state index in [1.54, 1.807) is 13.8 Å². The highest BCUT2D eigenvalue weighted by atomic mass is 32.2. The maximum atomic E-state index is 10.9. The van der Waals surface area contributed by atoms with Crippen LogP contribution in [0, 0.1) is 0 Å². The quantitative estimate of drug-likeness (QED) is 0.500. The van der Waals surface area contributed by atoms with E-state index < -0.39 is 10.2 Å². The molecule has 11 heavy (non-hydrogen) atoms. The van der Waals surface area contributed by atoms with Crippen molar-refractivity contribution < 1.29 is 13.5 Å². The van der Waals surface area contributed by atoms with Gasteiger partial charge < -0.3 is 5.11 Å². The second-order valence-corrected chi connectivity index (χ2v) is 3.93. The van der Waals surface area contributed by atoms with E-state index in [-0.39, 0.29) is 19.2 Å². The van der Waals surface area contributed by atoms with Crippen molar-refractivity contribution in [3.8, 4) is 0 Å². The molecule has 6 heteroatoms. The van der Waals surface area contributed by atoms with Gasteiger partial charge in [-0.05, 0) is 13.8 Å². The van der Waals surface area contributed by atoms with E-state index in [1.807, 2.05) is 0 Å². The molecular formula is C5H14N2O3S. The van der Waals surface area contributed by atoms with E-state index in [0.717, 1.165) is 0 Å². The monoisotopic (exact) mass is 182 g/mol. The third-order valence-electron chi connectivity index (χ3n) is 0.795. The summed E-state index contributed by atoms with van der Waals surface area (Å²) in [7, 11) is -3.40. The second-order valence-electron chi connectivity index (χ2n) is 2.39. The van der Waals surface area contributed by atoms with E-state index in [4.69, 9.17) is 5.11 Å². The van der Waals surface area contributed by atoms with Crippen LogP contribution < -0.4 is 9.44 Å². The zero-order valence-corrected chi connectivity index (χ0v) is 7.48. The molecule has 0 aliphatic rings. The number of aliphatic hydroxyl groups is 1. The third-order valence-corrected chi connectivity index (χ3v) is 2.16. The molecule has 0 aliphatic carbocycles. The van der Waals surface area contributed by atoms with Crippen molar-refractivity contribution in [2.24, 2.45) is 0 Å². The Bertz CT molecular complexity index is 188. The van der Waals surface area contributed by atoms with Crippen LogP contribution in [0.4, 0.5) is 0 Å². The molecule has 3 N–H and O–H groups in total. The van der Waals surface area contributed by atoms with Gasteiger partial charge in [0.05, 0.1) is 6.61 Å². The van der Waals surface area contributed by atoms with E-state index in [1.165, 1.54) is 0 Å². The van der Waals surface area contributed by atoms with Crippen molar-refractivity contribution in [2.45, 2.75) is 19.9 Å². The van der Waals surface area contributed by atoms with E-state index in [2.05, 4.69) is 9.44 Å². The molecule has 0 atom stereocenters. The minimum atomic E-state index is -3.40. The Morgan fingerprint density at radius 1 is 1.45 bits per heavy atom. The summed E-state index contributed by atoms with van der Waals surface area (Å²) in [5.74, 6) is 0. The fourth-order valence-electron chi connectivity index (χ4n) is 0.532. The van der Waals surface area contributed by atoms with Crippen LogP contribution in [-0.4, -0.2) is 32.7 Å². The highest BCUT2D eigenvalue weighted by Gasteiger charge is 2.08. The molecule has 0 aromatic rings. The molecule has 68 valence electrons. The highest BCUT2D eigenvalue weighted by molar-refractivity contribution is 7.87. The zero-order valence-electron chi connectivity index (χ0n) is 6.66. The lowest BCUT2D eigenvalue weighted by atomic mass is 10.4. The Balaban J connectivity index is 3.82. The summed E-state index contributed by atoms with van der Waals surface area (Å²) in [5.41, 5.74) is 0. The van der Waals surface area contributed by atoms with Crippen LogP contribution in [-0.2, 0) is 10.2 Å².